The number of unbranched alkanes of at least 4 members (excludes halogenated alkanes) is 23. The van der Waals surface area contributed by atoms with Crippen molar-refractivity contribution in [2.75, 3.05) is 46.2 Å². The molecule has 6 heterocycles. The Morgan fingerprint density at radius 1 is 0.364 bits per heavy atom. The Morgan fingerprint density at radius 3 is 1.20 bits per heavy atom. The number of nitrogens with one attached hydrogen (secondary N) is 3. The number of amides is 3. The standard InChI is InChI=1S/C74H133N3O33/c1-5-7-9-11-13-15-17-19-21-23-25-27-29-31-43(85)42(77-50(86)32-30-28-26-24-22-20-18-16-14-12-10-8-6-2)38-99-71-62(96)59(93)66(47(36-81)104-71)108-73-63(97)60(94)67(48(37-82)105-73)109-74-64(98)68(55(89)45(34-79)102-74)110-70-51(75-40(3)83)56(90)54(88)49(106-70)39-100-69-52(76-41(4)84)57(91)65(46(35-80)103-69)107-72-61(95)58(92)53(87)44(33-78)101-72/h29,31,42-49,51-74,78-82,85,87-98H,5-28,30,32-39H2,1-4H3,(H,75,83)(H,76,84)(H,77,86)/b31-29+/t42-,43+,44?,45?,46?,47?,48?,49?,51?,52?,53-,54-,55-,56+,57+,58-,59+,60+,61?,62?,63?,64?,65+,66+,67-,68-,69+,70-,71+,72-,73-,74-/m0/s1. The molecule has 6 aliphatic rings. The zero-order valence-corrected chi connectivity index (χ0v) is 64.1. The maximum Gasteiger partial charge on any atom is 0.220 e. The van der Waals surface area contributed by atoms with Crippen LogP contribution in [0.25, 0.3) is 0 Å². The van der Waals surface area contributed by atoms with Gasteiger partial charge in [0.2, 0.25) is 17.7 Å². The molecule has 0 aromatic heterocycles. The van der Waals surface area contributed by atoms with Crippen LogP contribution in [-0.4, -0.2) is 352 Å². The number of carbonyl (C=O) groups is 3. The number of hydrogen-bond acceptors (Lipinski definition) is 33. The fraction of sp³-hybridized carbons (Fsp3) is 0.932. The summed E-state index contributed by atoms with van der Waals surface area (Å²) in [4.78, 5) is 38.6. The molecular weight excluding hydrogens is 1460 g/mol. The van der Waals surface area contributed by atoms with E-state index in [1.165, 1.54) is 96.3 Å². The first-order chi connectivity index (χ1) is 52.8. The molecule has 6 rings (SSSR count). The average Bonchev–Trinajstić information content (AvgIpc) is 0.785. The van der Waals surface area contributed by atoms with E-state index < -0.39 is 254 Å². The van der Waals surface area contributed by atoms with Gasteiger partial charge in [-0.25, -0.2) is 0 Å². The van der Waals surface area contributed by atoms with Gasteiger partial charge in [-0.05, 0) is 19.3 Å². The lowest BCUT2D eigenvalue weighted by atomic mass is 9.94. The number of rotatable bonds is 50. The van der Waals surface area contributed by atoms with Gasteiger partial charge in [0.15, 0.2) is 37.7 Å². The van der Waals surface area contributed by atoms with Gasteiger partial charge in [-0.15, -0.1) is 0 Å². The van der Waals surface area contributed by atoms with Crippen molar-refractivity contribution < 1.29 is 163 Å². The third-order valence-corrected chi connectivity index (χ3v) is 21.2. The Labute approximate surface area is 643 Å². The highest BCUT2D eigenvalue weighted by molar-refractivity contribution is 5.76. The van der Waals surface area contributed by atoms with Crippen LogP contribution in [0.3, 0.4) is 0 Å². The van der Waals surface area contributed by atoms with Crippen molar-refractivity contribution in [1.29, 1.82) is 0 Å². The molecule has 0 aliphatic carbocycles. The van der Waals surface area contributed by atoms with E-state index >= 15 is 0 Å². The Hall–Kier alpha value is -3.05. The lowest BCUT2D eigenvalue weighted by Crippen LogP contribution is -2.69. The minimum atomic E-state index is -2.24. The molecule has 0 aromatic carbocycles. The average molecular weight is 1590 g/mol. The van der Waals surface area contributed by atoms with Gasteiger partial charge in [0, 0.05) is 20.3 Å². The molecule has 6 fully saturated rings. The van der Waals surface area contributed by atoms with E-state index in [1.54, 1.807) is 6.08 Å². The van der Waals surface area contributed by atoms with Crippen molar-refractivity contribution in [3.05, 3.63) is 12.2 Å². The van der Waals surface area contributed by atoms with Crippen LogP contribution in [0.15, 0.2) is 12.2 Å². The predicted octanol–water partition coefficient (Wildman–Crippen LogP) is -3.20. The van der Waals surface area contributed by atoms with Crippen molar-refractivity contribution in [2.45, 2.75) is 391 Å². The highest BCUT2D eigenvalue weighted by atomic mass is 16.8. The summed E-state index contributed by atoms with van der Waals surface area (Å²) < 4.78 is 70.4. The summed E-state index contributed by atoms with van der Waals surface area (Å²) in [5.74, 6) is -1.95. The molecule has 6 saturated heterocycles. The van der Waals surface area contributed by atoms with E-state index in [0.717, 1.165) is 65.2 Å². The summed E-state index contributed by atoms with van der Waals surface area (Å²) in [6.45, 7) is 0.406. The van der Waals surface area contributed by atoms with E-state index in [9.17, 15) is 106 Å². The second-order valence-electron chi connectivity index (χ2n) is 30.0. The number of aliphatic hydroxyl groups is 18. The summed E-state index contributed by atoms with van der Waals surface area (Å²) in [7, 11) is 0. The van der Waals surface area contributed by atoms with Crippen molar-refractivity contribution in [3.8, 4) is 0 Å². The first-order valence-electron chi connectivity index (χ1n) is 40.0. The van der Waals surface area contributed by atoms with Crippen LogP contribution >= 0.6 is 0 Å². The van der Waals surface area contributed by atoms with E-state index in [2.05, 4.69) is 29.8 Å². The summed E-state index contributed by atoms with van der Waals surface area (Å²) in [5, 5.41) is 207. The summed E-state index contributed by atoms with van der Waals surface area (Å²) >= 11 is 0. The van der Waals surface area contributed by atoms with Crippen LogP contribution in [0.1, 0.15) is 195 Å². The smallest absolute Gasteiger partial charge is 0.220 e. The lowest BCUT2D eigenvalue weighted by Gasteiger charge is -2.49. The van der Waals surface area contributed by atoms with E-state index in [-0.39, 0.29) is 12.3 Å². The Kier molecular flexibility index (Phi) is 44.0. The third-order valence-electron chi connectivity index (χ3n) is 21.2. The largest absolute Gasteiger partial charge is 0.394 e. The van der Waals surface area contributed by atoms with Gasteiger partial charge in [0.25, 0.3) is 0 Å². The van der Waals surface area contributed by atoms with Gasteiger partial charge in [0.1, 0.15) is 146 Å². The number of ether oxygens (including phenoxy) is 12. The summed E-state index contributed by atoms with van der Waals surface area (Å²) in [5.41, 5.74) is 0. The molecule has 6 aliphatic heterocycles. The molecule has 642 valence electrons. The number of hydrogen-bond donors (Lipinski definition) is 21. The van der Waals surface area contributed by atoms with Gasteiger partial charge < -0.3 is 165 Å². The Morgan fingerprint density at radius 2 is 0.727 bits per heavy atom. The minimum Gasteiger partial charge on any atom is -0.394 e. The second-order valence-corrected chi connectivity index (χ2v) is 30.0. The molecule has 12 unspecified atom stereocenters. The molecule has 0 bridgehead atoms. The van der Waals surface area contributed by atoms with E-state index in [0.29, 0.717) is 12.8 Å². The molecule has 36 nitrogen and oxygen atoms in total. The quantitative estimate of drug-likeness (QED) is 0.0211. The molecule has 21 N–H and O–H groups in total. The van der Waals surface area contributed by atoms with Gasteiger partial charge in [-0.1, -0.05) is 167 Å². The normalized spacial score (nSPS) is 37.7. The lowest BCUT2D eigenvalue weighted by molar-refractivity contribution is -0.387. The maximum atomic E-state index is 13.5. The fourth-order valence-corrected chi connectivity index (χ4v) is 14.6. The number of allylic oxidation sites excluding steroid dienone is 1. The van der Waals surface area contributed by atoms with Crippen molar-refractivity contribution >= 4 is 17.7 Å². The minimum absolute atomic E-state index is 0.183. The topological polar surface area (TPSA) is 562 Å². The zero-order chi connectivity index (χ0) is 80.6. The summed E-state index contributed by atoms with van der Waals surface area (Å²) in [6.07, 6.45) is -22.4. The van der Waals surface area contributed by atoms with Crippen molar-refractivity contribution in [3.63, 3.8) is 0 Å². The SMILES string of the molecule is CCCCCCCCCCCCC/C=C/[C@@H](O)[C@H](CO[C@@H]1OC(CO)[C@@H](O[C@@H]2OC(CO)[C@H](O[C@@H]3OC(CO)[C@H](O)[C@H](O[C@@H]4OC(CO[C@@H]5OC(CO)[C@@H](O[C@@H]6OC(CO)[C@H](O)[C@H](O)C6O)[C@H](O)C5NC(C)=O)[C@H](O)[C@H](O)C4NC(C)=O)C3O)[C@H](O)C2O)[C@H](O)C1O)NC(=O)CCCCCCCCCCCCCCC. The van der Waals surface area contributed by atoms with Crippen LogP contribution < -0.4 is 16.0 Å². The number of carbonyl (C=O) groups excluding carboxylic acids is 3. The van der Waals surface area contributed by atoms with Gasteiger partial charge >= 0.3 is 0 Å². The van der Waals surface area contributed by atoms with Gasteiger partial charge in [0.05, 0.1) is 58.4 Å². The molecular formula is C74H133N3O33. The zero-order valence-electron chi connectivity index (χ0n) is 64.1. The first kappa shape index (κ1) is 95.8. The Balaban J connectivity index is 1.07. The molecule has 0 saturated carbocycles. The molecule has 0 aromatic rings. The van der Waals surface area contributed by atoms with Crippen LogP contribution in [0.2, 0.25) is 0 Å². The predicted molar refractivity (Wildman–Crippen MR) is 385 cm³/mol. The molecule has 110 heavy (non-hydrogen) atoms. The molecule has 0 spiro atoms. The molecule has 3 amide bonds. The highest BCUT2D eigenvalue weighted by Gasteiger charge is 2.57. The third kappa shape index (κ3) is 28.7. The van der Waals surface area contributed by atoms with Crippen LogP contribution in [0, 0.1) is 0 Å². The molecule has 0 radical (unpaired) electrons. The second kappa shape index (κ2) is 50.5. The maximum absolute atomic E-state index is 13.5. The van der Waals surface area contributed by atoms with Crippen LogP contribution in [0.5, 0.6) is 0 Å². The van der Waals surface area contributed by atoms with Crippen LogP contribution in [0.4, 0.5) is 0 Å². The number of aliphatic hydroxyl groups excluding tert-OH is 18. The van der Waals surface area contributed by atoms with Crippen molar-refractivity contribution in [2.24, 2.45) is 0 Å². The molecule has 36 heteroatoms. The monoisotopic (exact) mass is 1590 g/mol. The highest BCUT2D eigenvalue weighted by Crippen LogP contribution is 2.37. The van der Waals surface area contributed by atoms with E-state index in [4.69, 9.17) is 56.8 Å². The Bertz CT molecular complexity index is 2560. The first-order valence-corrected chi connectivity index (χ1v) is 40.0. The van der Waals surface area contributed by atoms with E-state index in [1.807, 2.05) is 6.08 Å². The van der Waals surface area contributed by atoms with Crippen molar-refractivity contribution in [1.82, 2.24) is 16.0 Å². The van der Waals surface area contributed by atoms with Gasteiger partial charge in [-0.3, -0.25) is 14.4 Å². The fourth-order valence-electron chi connectivity index (χ4n) is 14.6. The summed E-state index contributed by atoms with van der Waals surface area (Å²) in [6, 6.07) is -4.44. The van der Waals surface area contributed by atoms with Gasteiger partial charge in [-0.2, -0.15) is 0 Å². The molecule has 32 atom stereocenters. The van der Waals surface area contributed by atoms with Crippen LogP contribution in [-0.2, 0) is 71.2 Å².